The van der Waals surface area contributed by atoms with Crippen LogP contribution in [-0.2, 0) is 6.54 Å². The van der Waals surface area contributed by atoms with Crippen molar-refractivity contribution in [2.75, 3.05) is 5.32 Å². The summed E-state index contributed by atoms with van der Waals surface area (Å²) in [6.45, 7) is 2.77. The Hall–Kier alpha value is -1.39. The average molecular weight is 335 g/mol. The van der Waals surface area contributed by atoms with Gasteiger partial charge in [-0.25, -0.2) is 0 Å². The second-order valence-corrected chi connectivity index (χ2v) is 5.60. The second kappa shape index (κ2) is 6.17. The highest BCUT2D eigenvalue weighted by Gasteiger charge is 2.08. The maximum atomic E-state index is 5.76. The quantitative estimate of drug-likeness (QED) is 0.830. The number of hydrogen-bond acceptors (Lipinski definition) is 2. The number of nitrogens with one attached hydrogen (secondary N) is 1. The molecule has 0 saturated carbocycles. The van der Waals surface area contributed by atoms with E-state index in [9.17, 15) is 0 Å². The van der Waals surface area contributed by atoms with Gasteiger partial charge in [0.15, 0.2) is 0 Å². The van der Waals surface area contributed by atoms with Gasteiger partial charge in [-0.05, 0) is 30.2 Å². The topological polar surface area (TPSA) is 38.0 Å². The molecule has 2 aromatic rings. The molecule has 0 heterocycles. The zero-order chi connectivity index (χ0) is 13.8. The molecule has 0 saturated heterocycles. The van der Waals surface area contributed by atoms with Crippen molar-refractivity contribution < 1.29 is 0 Å². The van der Waals surface area contributed by atoms with Gasteiger partial charge in [0.2, 0.25) is 0 Å². The fourth-order valence-corrected chi connectivity index (χ4v) is 2.53. The summed E-state index contributed by atoms with van der Waals surface area (Å²) in [6.07, 6.45) is 0. The van der Waals surface area contributed by atoms with Crippen LogP contribution in [0, 0.1) is 6.92 Å². The van der Waals surface area contributed by atoms with Crippen molar-refractivity contribution in [2.45, 2.75) is 13.5 Å². The van der Waals surface area contributed by atoms with Crippen molar-refractivity contribution in [2.24, 2.45) is 5.73 Å². The van der Waals surface area contributed by atoms with Crippen molar-refractivity contribution in [1.82, 2.24) is 0 Å². The zero-order valence-electron chi connectivity index (χ0n) is 10.6. The first-order valence-corrected chi connectivity index (χ1v) is 7.16. The SMILES string of the molecule is Cc1cccc(C(N)=S)c1NCc1ccccc1Br. The van der Waals surface area contributed by atoms with Crippen molar-refractivity contribution in [3.05, 3.63) is 63.6 Å². The number of anilines is 1. The van der Waals surface area contributed by atoms with Gasteiger partial charge in [0.1, 0.15) is 4.99 Å². The Balaban J connectivity index is 2.25. The maximum absolute atomic E-state index is 5.76. The summed E-state index contributed by atoms with van der Waals surface area (Å²) in [7, 11) is 0. The van der Waals surface area contributed by atoms with Gasteiger partial charge in [-0.15, -0.1) is 0 Å². The van der Waals surface area contributed by atoms with E-state index in [1.165, 1.54) is 5.56 Å². The number of nitrogens with two attached hydrogens (primary N) is 1. The van der Waals surface area contributed by atoms with Crippen LogP contribution in [0.3, 0.4) is 0 Å². The van der Waals surface area contributed by atoms with Crippen LogP contribution >= 0.6 is 28.1 Å². The van der Waals surface area contributed by atoms with E-state index in [0.717, 1.165) is 27.8 Å². The van der Waals surface area contributed by atoms with Crippen LogP contribution in [0.1, 0.15) is 16.7 Å². The molecule has 0 bridgehead atoms. The molecule has 0 unspecified atom stereocenters. The predicted molar refractivity (Wildman–Crippen MR) is 88.5 cm³/mol. The first kappa shape index (κ1) is 14.0. The van der Waals surface area contributed by atoms with E-state index in [0.29, 0.717) is 4.99 Å². The minimum absolute atomic E-state index is 0.415. The number of benzene rings is 2. The Morgan fingerprint density at radius 3 is 2.63 bits per heavy atom. The van der Waals surface area contributed by atoms with Gasteiger partial charge in [-0.1, -0.05) is 58.5 Å². The molecule has 0 fully saturated rings. The van der Waals surface area contributed by atoms with E-state index in [1.807, 2.05) is 43.3 Å². The van der Waals surface area contributed by atoms with Gasteiger partial charge >= 0.3 is 0 Å². The lowest BCUT2D eigenvalue weighted by Gasteiger charge is -2.14. The molecule has 0 spiro atoms. The first-order valence-electron chi connectivity index (χ1n) is 5.96. The summed E-state index contributed by atoms with van der Waals surface area (Å²) in [5, 5.41) is 3.42. The maximum Gasteiger partial charge on any atom is 0.106 e. The lowest BCUT2D eigenvalue weighted by atomic mass is 10.1. The van der Waals surface area contributed by atoms with Crippen LogP contribution in [0.4, 0.5) is 5.69 Å². The molecule has 0 radical (unpaired) electrons. The monoisotopic (exact) mass is 334 g/mol. The number of para-hydroxylation sites is 1. The van der Waals surface area contributed by atoms with Crippen molar-refractivity contribution in [1.29, 1.82) is 0 Å². The Labute approximate surface area is 127 Å². The molecule has 4 heteroatoms. The largest absolute Gasteiger partial charge is 0.389 e. The predicted octanol–water partition coefficient (Wildman–Crippen LogP) is 4.00. The van der Waals surface area contributed by atoms with Crippen LogP contribution in [0.2, 0.25) is 0 Å². The second-order valence-electron chi connectivity index (χ2n) is 4.31. The number of rotatable bonds is 4. The smallest absolute Gasteiger partial charge is 0.106 e. The van der Waals surface area contributed by atoms with Crippen LogP contribution in [-0.4, -0.2) is 4.99 Å². The van der Waals surface area contributed by atoms with Crippen molar-refractivity contribution in [3.63, 3.8) is 0 Å². The number of hydrogen-bond donors (Lipinski definition) is 2. The van der Waals surface area contributed by atoms with E-state index < -0.39 is 0 Å². The van der Waals surface area contributed by atoms with Gasteiger partial charge in [0.25, 0.3) is 0 Å². The van der Waals surface area contributed by atoms with Gasteiger partial charge < -0.3 is 11.1 Å². The van der Waals surface area contributed by atoms with E-state index >= 15 is 0 Å². The van der Waals surface area contributed by atoms with Crippen molar-refractivity contribution in [3.8, 4) is 0 Å². The number of aryl methyl sites for hydroxylation is 1. The molecule has 0 aliphatic rings. The highest BCUT2D eigenvalue weighted by atomic mass is 79.9. The van der Waals surface area contributed by atoms with Gasteiger partial charge in [-0.2, -0.15) is 0 Å². The molecule has 0 aliphatic carbocycles. The molecule has 2 nitrogen and oxygen atoms in total. The molecule has 0 amide bonds. The molecule has 19 heavy (non-hydrogen) atoms. The minimum Gasteiger partial charge on any atom is -0.389 e. The summed E-state index contributed by atoms with van der Waals surface area (Å²) in [4.78, 5) is 0.415. The molecular weight excluding hydrogens is 320 g/mol. The summed E-state index contributed by atoms with van der Waals surface area (Å²) < 4.78 is 1.09. The zero-order valence-corrected chi connectivity index (χ0v) is 13.0. The summed E-state index contributed by atoms with van der Waals surface area (Å²) in [5.74, 6) is 0. The molecule has 3 N–H and O–H groups in total. The van der Waals surface area contributed by atoms with Crippen LogP contribution in [0.5, 0.6) is 0 Å². The number of thiocarbonyl (C=S) groups is 1. The highest BCUT2D eigenvalue weighted by Crippen LogP contribution is 2.23. The molecule has 2 rings (SSSR count). The third-order valence-corrected chi connectivity index (χ3v) is 3.95. The normalized spacial score (nSPS) is 10.2. The van der Waals surface area contributed by atoms with E-state index in [4.69, 9.17) is 18.0 Å². The standard InChI is InChI=1S/C15H15BrN2S/c1-10-5-4-7-12(15(17)19)14(10)18-9-11-6-2-3-8-13(11)16/h2-8,18H,9H2,1H3,(H2,17,19). The van der Waals surface area contributed by atoms with Crippen LogP contribution in [0.25, 0.3) is 0 Å². The fourth-order valence-electron chi connectivity index (χ4n) is 1.93. The van der Waals surface area contributed by atoms with Gasteiger partial charge in [-0.3, -0.25) is 0 Å². The Morgan fingerprint density at radius 2 is 1.95 bits per heavy atom. The first-order chi connectivity index (χ1) is 9.09. The van der Waals surface area contributed by atoms with Gasteiger partial charge in [0, 0.05) is 22.3 Å². The van der Waals surface area contributed by atoms with E-state index in [1.54, 1.807) is 0 Å². The molecule has 2 aromatic carbocycles. The van der Waals surface area contributed by atoms with E-state index in [2.05, 4.69) is 27.3 Å². The summed E-state index contributed by atoms with van der Waals surface area (Å²) >= 11 is 8.64. The lowest BCUT2D eigenvalue weighted by molar-refractivity contribution is 1.13. The highest BCUT2D eigenvalue weighted by molar-refractivity contribution is 9.10. The Kier molecular flexibility index (Phi) is 4.56. The molecule has 0 aromatic heterocycles. The van der Waals surface area contributed by atoms with Gasteiger partial charge in [0.05, 0.1) is 0 Å². The summed E-state index contributed by atoms with van der Waals surface area (Å²) in [6, 6.07) is 14.1. The third-order valence-electron chi connectivity index (χ3n) is 2.95. The molecular formula is C15H15BrN2S. The van der Waals surface area contributed by atoms with Crippen molar-refractivity contribution >= 4 is 38.8 Å². The summed E-state index contributed by atoms with van der Waals surface area (Å²) in [5.41, 5.74) is 9.99. The lowest BCUT2D eigenvalue weighted by Crippen LogP contribution is -2.14. The Morgan fingerprint density at radius 1 is 1.21 bits per heavy atom. The molecule has 0 atom stereocenters. The third kappa shape index (κ3) is 3.33. The molecule has 98 valence electrons. The fraction of sp³-hybridized carbons (Fsp3) is 0.133. The minimum atomic E-state index is 0.415. The van der Waals surface area contributed by atoms with E-state index in [-0.39, 0.29) is 0 Å². The Bertz CT molecular complexity index is 611. The van der Waals surface area contributed by atoms with Crippen LogP contribution in [0.15, 0.2) is 46.9 Å². The van der Waals surface area contributed by atoms with Crippen LogP contribution < -0.4 is 11.1 Å². The average Bonchev–Trinajstić information content (AvgIpc) is 2.38. The number of halogens is 1. The molecule has 0 aliphatic heterocycles.